The number of nitrogen functional groups attached to an aromatic ring is 1. The third kappa shape index (κ3) is 3.75. The number of aromatic nitrogens is 1. The van der Waals surface area contributed by atoms with Crippen LogP contribution < -0.4 is 10.5 Å². The zero-order valence-corrected chi connectivity index (χ0v) is 8.79. The van der Waals surface area contributed by atoms with Gasteiger partial charge in [0.2, 0.25) is 0 Å². The number of anilines is 1. The normalized spacial score (nSPS) is 11.3. The van der Waals surface area contributed by atoms with E-state index in [1.807, 2.05) is 0 Å². The molecule has 0 saturated carbocycles. The number of carboxylic acid groups (broad SMARTS) is 1. The molecule has 0 aliphatic carbocycles. The highest BCUT2D eigenvalue weighted by molar-refractivity contribution is 5.72. The zero-order valence-electron chi connectivity index (χ0n) is 8.79. The van der Waals surface area contributed by atoms with Gasteiger partial charge in [0, 0.05) is 11.6 Å². The molecule has 3 N–H and O–H groups in total. The van der Waals surface area contributed by atoms with E-state index in [-0.39, 0.29) is 0 Å². The van der Waals surface area contributed by atoms with Gasteiger partial charge in [-0.3, -0.25) is 4.79 Å². The second kappa shape index (κ2) is 5.07. The van der Waals surface area contributed by atoms with Crippen molar-refractivity contribution in [3.63, 3.8) is 0 Å². The predicted octanol–water partition coefficient (Wildman–Crippen LogP) is 1.66. The second-order valence-corrected chi connectivity index (χ2v) is 3.22. The highest BCUT2D eigenvalue weighted by atomic mass is 19.4. The van der Waals surface area contributed by atoms with E-state index in [0.29, 0.717) is 6.07 Å². The quantitative estimate of drug-likeness (QED) is 0.811. The van der Waals surface area contributed by atoms with E-state index in [1.54, 1.807) is 0 Å². The van der Waals surface area contributed by atoms with Crippen LogP contribution in [0, 0.1) is 0 Å². The summed E-state index contributed by atoms with van der Waals surface area (Å²) in [5.74, 6) is -2.69. The van der Waals surface area contributed by atoms with Crippen LogP contribution in [0.15, 0.2) is 6.07 Å². The topological polar surface area (TPSA) is 85.4 Å². The van der Waals surface area contributed by atoms with Crippen molar-refractivity contribution in [2.75, 3.05) is 5.73 Å². The summed E-state index contributed by atoms with van der Waals surface area (Å²) in [6, 6.07) is 0.699. The van der Waals surface area contributed by atoms with E-state index in [0.717, 1.165) is 0 Å². The van der Waals surface area contributed by atoms with Crippen LogP contribution in [0.3, 0.4) is 0 Å². The molecule has 1 aromatic heterocycles. The molecule has 0 aliphatic heterocycles. The van der Waals surface area contributed by atoms with Gasteiger partial charge in [-0.2, -0.15) is 0 Å². The van der Waals surface area contributed by atoms with Crippen molar-refractivity contribution in [3.8, 4) is 5.75 Å². The van der Waals surface area contributed by atoms with Gasteiger partial charge in [0.05, 0.1) is 12.1 Å². The van der Waals surface area contributed by atoms with Gasteiger partial charge in [-0.25, -0.2) is 9.37 Å². The van der Waals surface area contributed by atoms with Crippen molar-refractivity contribution >= 4 is 11.8 Å². The minimum Gasteiger partial charge on any atom is -0.481 e. The first-order valence-corrected chi connectivity index (χ1v) is 4.54. The number of halogens is 4. The molecule has 9 heteroatoms. The lowest BCUT2D eigenvalue weighted by Gasteiger charge is -2.14. The van der Waals surface area contributed by atoms with Crippen LogP contribution in [0.25, 0.3) is 0 Å². The molecule has 0 radical (unpaired) electrons. The highest BCUT2D eigenvalue weighted by Crippen LogP contribution is 2.30. The first-order chi connectivity index (χ1) is 8.23. The molecule has 0 amide bonds. The van der Waals surface area contributed by atoms with E-state index >= 15 is 0 Å². The molecule has 1 aromatic rings. The third-order valence-electron chi connectivity index (χ3n) is 1.87. The highest BCUT2D eigenvalue weighted by Gasteiger charge is 2.33. The molecule has 0 bridgehead atoms. The van der Waals surface area contributed by atoms with E-state index in [4.69, 9.17) is 10.8 Å². The Morgan fingerprint density at radius 2 is 2.11 bits per heavy atom. The SMILES string of the molecule is Nc1cc(OC(F)(F)F)c(CC(=O)O)c(CF)n1. The summed E-state index contributed by atoms with van der Waals surface area (Å²) < 4.78 is 52.5. The smallest absolute Gasteiger partial charge is 0.481 e. The van der Waals surface area contributed by atoms with Crippen LogP contribution in [-0.4, -0.2) is 22.4 Å². The summed E-state index contributed by atoms with van der Waals surface area (Å²) in [5, 5.41) is 8.56. The molecule has 1 heterocycles. The van der Waals surface area contributed by atoms with Crippen LogP contribution in [0.2, 0.25) is 0 Å². The van der Waals surface area contributed by atoms with Crippen molar-refractivity contribution in [1.29, 1.82) is 0 Å². The first-order valence-electron chi connectivity index (χ1n) is 4.54. The van der Waals surface area contributed by atoms with Gasteiger partial charge in [-0.15, -0.1) is 13.2 Å². The molecule has 0 aliphatic rings. The van der Waals surface area contributed by atoms with Crippen molar-refractivity contribution in [2.45, 2.75) is 19.5 Å². The molecule has 18 heavy (non-hydrogen) atoms. The first kappa shape index (κ1) is 14.0. The maximum Gasteiger partial charge on any atom is 0.573 e. The molecule has 0 unspecified atom stereocenters. The number of hydrogen-bond donors (Lipinski definition) is 2. The molecular weight excluding hydrogens is 260 g/mol. The number of alkyl halides is 4. The molecule has 0 spiro atoms. The Hall–Kier alpha value is -2.06. The number of ether oxygens (including phenoxy) is 1. The Morgan fingerprint density at radius 3 is 2.56 bits per heavy atom. The van der Waals surface area contributed by atoms with E-state index in [2.05, 4.69) is 9.72 Å². The minimum absolute atomic E-state index is 0.393. The van der Waals surface area contributed by atoms with Gasteiger partial charge in [-0.1, -0.05) is 0 Å². The fourth-order valence-corrected chi connectivity index (χ4v) is 1.29. The molecule has 0 aromatic carbocycles. The van der Waals surface area contributed by atoms with Crippen LogP contribution in [-0.2, 0) is 17.9 Å². The largest absolute Gasteiger partial charge is 0.573 e. The number of hydrogen-bond acceptors (Lipinski definition) is 4. The molecule has 5 nitrogen and oxygen atoms in total. The van der Waals surface area contributed by atoms with Crippen molar-refractivity contribution in [1.82, 2.24) is 4.98 Å². The van der Waals surface area contributed by atoms with E-state index < -0.39 is 48.3 Å². The maximum absolute atomic E-state index is 12.6. The molecular formula is C9H8F4N2O3. The molecule has 100 valence electrons. The summed E-state index contributed by atoms with van der Waals surface area (Å²) in [7, 11) is 0. The summed E-state index contributed by atoms with van der Waals surface area (Å²) in [4.78, 5) is 13.9. The summed E-state index contributed by atoms with van der Waals surface area (Å²) in [5.41, 5.74) is 4.20. The summed E-state index contributed by atoms with van der Waals surface area (Å²) in [6.07, 6.45) is -5.88. The fourth-order valence-electron chi connectivity index (χ4n) is 1.29. The Morgan fingerprint density at radius 1 is 1.50 bits per heavy atom. The van der Waals surface area contributed by atoms with Crippen LogP contribution in [0.5, 0.6) is 5.75 Å². The number of nitrogens with two attached hydrogens (primary N) is 1. The van der Waals surface area contributed by atoms with Crippen LogP contribution >= 0.6 is 0 Å². The van der Waals surface area contributed by atoms with Gasteiger partial charge in [0.1, 0.15) is 18.2 Å². The monoisotopic (exact) mass is 268 g/mol. The van der Waals surface area contributed by atoms with Crippen molar-refractivity contribution < 1.29 is 32.2 Å². The number of carbonyl (C=O) groups is 1. The molecule has 0 atom stereocenters. The second-order valence-electron chi connectivity index (χ2n) is 3.22. The van der Waals surface area contributed by atoms with Crippen LogP contribution in [0.4, 0.5) is 23.4 Å². The Balaban J connectivity index is 3.27. The molecule has 1 rings (SSSR count). The average molecular weight is 268 g/mol. The number of nitrogens with zero attached hydrogens (tertiary/aromatic N) is 1. The Labute approximate surface area is 98.2 Å². The third-order valence-corrected chi connectivity index (χ3v) is 1.87. The minimum atomic E-state index is -5.03. The predicted molar refractivity (Wildman–Crippen MR) is 51.5 cm³/mol. The average Bonchev–Trinajstić information content (AvgIpc) is 2.18. The zero-order chi connectivity index (χ0) is 13.9. The standard InChI is InChI=1S/C9H8F4N2O3/c10-3-5-4(1-8(16)17)6(2-7(14)15-5)18-9(11,12)13/h2H,1,3H2,(H2,14,15)(H,16,17). The van der Waals surface area contributed by atoms with Crippen molar-refractivity contribution in [2.24, 2.45) is 0 Å². The van der Waals surface area contributed by atoms with Gasteiger partial charge >= 0.3 is 12.3 Å². The summed E-state index contributed by atoms with van der Waals surface area (Å²) in [6.45, 7) is -1.25. The van der Waals surface area contributed by atoms with Gasteiger partial charge in [0.25, 0.3) is 0 Å². The molecule has 0 fully saturated rings. The number of aliphatic carboxylic acids is 1. The lowest BCUT2D eigenvalue weighted by Crippen LogP contribution is -2.20. The fraction of sp³-hybridized carbons (Fsp3) is 0.333. The number of rotatable bonds is 4. The van der Waals surface area contributed by atoms with E-state index in [9.17, 15) is 22.4 Å². The molecule has 0 saturated heterocycles. The Kier molecular flexibility index (Phi) is 3.94. The van der Waals surface area contributed by atoms with Crippen molar-refractivity contribution in [3.05, 3.63) is 17.3 Å². The van der Waals surface area contributed by atoms with Gasteiger partial charge in [0.15, 0.2) is 0 Å². The lowest BCUT2D eigenvalue weighted by molar-refractivity contribution is -0.275. The van der Waals surface area contributed by atoms with Crippen LogP contribution in [0.1, 0.15) is 11.3 Å². The number of carboxylic acids is 1. The Bertz CT molecular complexity index is 462. The summed E-state index contributed by atoms with van der Waals surface area (Å²) >= 11 is 0. The van der Waals surface area contributed by atoms with Gasteiger partial charge in [-0.05, 0) is 0 Å². The lowest BCUT2D eigenvalue weighted by atomic mass is 10.1. The number of pyridine rings is 1. The van der Waals surface area contributed by atoms with E-state index in [1.165, 1.54) is 0 Å². The maximum atomic E-state index is 12.6. The van der Waals surface area contributed by atoms with Gasteiger partial charge < -0.3 is 15.6 Å².